The molecule has 1 atom stereocenters. The zero-order valence-electron chi connectivity index (χ0n) is 20.3. The van der Waals surface area contributed by atoms with Crippen LogP contribution in [0.4, 0.5) is 13.2 Å². The molecule has 0 saturated heterocycles. The molecule has 0 aliphatic carbocycles. The molecule has 6 nitrogen and oxygen atoms in total. The average Bonchev–Trinajstić information content (AvgIpc) is 3.36. The summed E-state index contributed by atoms with van der Waals surface area (Å²) in [5.74, 6) is 0.351. The molecule has 0 bridgehead atoms. The highest BCUT2D eigenvalue weighted by atomic mass is 32.1. The highest BCUT2D eigenvalue weighted by Crippen LogP contribution is 2.45. The van der Waals surface area contributed by atoms with E-state index in [1.54, 1.807) is 55.6 Å². The predicted octanol–water partition coefficient (Wildman–Crippen LogP) is 5.67. The van der Waals surface area contributed by atoms with E-state index in [9.17, 15) is 28.3 Å². The molecule has 0 radical (unpaired) electrons. The second-order valence-electron chi connectivity index (χ2n) is 9.46. The van der Waals surface area contributed by atoms with Crippen LogP contribution < -0.4 is 10.2 Å². The molecule has 1 unspecified atom stereocenters. The molecule has 0 fully saturated rings. The fraction of sp³-hybridized carbons (Fsp3) is 0.296. The highest BCUT2D eigenvalue weighted by Gasteiger charge is 2.56. The van der Waals surface area contributed by atoms with Gasteiger partial charge in [-0.25, -0.2) is 4.98 Å². The van der Waals surface area contributed by atoms with Crippen LogP contribution in [0.2, 0.25) is 0 Å². The van der Waals surface area contributed by atoms with Crippen LogP contribution in [0, 0.1) is 11.3 Å². The fourth-order valence-corrected chi connectivity index (χ4v) is 5.47. The van der Waals surface area contributed by atoms with E-state index in [2.05, 4.69) is 4.98 Å². The number of benzene rings is 1. The number of ether oxygens (including phenoxy) is 1. The van der Waals surface area contributed by atoms with Gasteiger partial charge in [-0.3, -0.25) is 4.79 Å². The third kappa shape index (κ3) is 4.97. The summed E-state index contributed by atoms with van der Waals surface area (Å²) in [6, 6.07) is 13.2. The Morgan fingerprint density at radius 3 is 2.62 bits per heavy atom. The molecule has 3 aromatic heterocycles. The van der Waals surface area contributed by atoms with E-state index >= 15 is 0 Å². The Morgan fingerprint density at radius 1 is 1.19 bits per heavy atom. The second-order valence-corrected chi connectivity index (χ2v) is 10.4. The van der Waals surface area contributed by atoms with Gasteiger partial charge >= 0.3 is 6.18 Å². The Labute approximate surface area is 215 Å². The molecule has 0 saturated carbocycles. The minimum Gasteiger partial charge on any atom is -0.496 e. The number of thiophene rings is 1. The first kappa shape index (κ1) is 26.4. The number of nitrogens with zero attached hydrogens (tertiary/aromatic N) is 3. The summed E-state index contributed by atoms with van der Waals surface area (Å²) in [6.07, 6.45) is -2.91. The number of alkyl halides is 3. The van der Waals surface area contributed by atoms with Crippen LogP contribution in [0.15, 0.2) is 65.0 Å². The Bertz CT molecular complexity index is 1550. The monoisotopic (exact) mass is 527 g/mol. The number of nitriles is 1. The molecule has 0 aliphatic rings. The Hall–Kier alpha value is -3.68. The molecule has 0 spiro atoms. The van der Waals surface area contributed by atoms with E-state index < -0.39 is 30.2 Å². The van der Waals surface area contributed by atoms with Crippen molar-refractivity contribution in [2.24, 2.45) is 0 Å². The van der Waals surface area contributed by atoms with Crippen molar-refractivity contribution in [3.05, 3.63) is 81.7 Å². The lowest BCUT2D eigenvalue weighted by atomic mass is 9.73. The van der Waals surface area contributed by atoms with E-state index in [0.717, 1.165) is 11.3 Å². The number of pyridine rings is 2. The van der Waals surface area contributed by atoms with Gasteiger partial charge in [0.15, 0.2) is 11.0 Å². The lowest BCUT2D eigenvalue weighted by Crippen LogP contribution is -2.52. The highest BCUT2D eigenvalue weighted by molar-refractivity contribution is 7.17. The molecular formula is C27H24F3N3O3S. The van der Waals surface area contributed by atoms with Gasteiger partial charge in [0.1, 0.15) is 17.5 Å². The van der Waals surface area contributed by atoms with Gasteiger partial charge in [0.05, 0.1) is 23.9 Å². The van der Waals surface area contributed by atoms with Crippen molar-refractivity contribution in [3.8, 4) is 22.9 Å². The SMILES string of the molecule is COc1ccc(-c2cccnc2C#N)cc1C(C)(C)CC(O)(Cn1ccc(=O)c2sccc21)C(F)(F)F. The lowest BCUT2D eigenvalue weighted by molar-refractivity contribution is -0.271. The van der Waals surface area contributed by atoms with E-state index in [1.807, 2.05) is 6.07 Å². The number of fused-ring (bicyclic) bond motifs is 1. The van der Waals surface area contributed by atoms with Crippen molar-refractivity contribution in [1.29, 1.82) is 5.26 Å². The van der Waals surface area contributed by atoms with Crippen LogP contribution in [0.1, 0.15) is 31.5 Å². The summed E-state index contributed by atoms with van der Waals surface area (Å²) in [4.78, 5) is 16.2. The predicted molar refractivity (Wildman–Crippen MR) is 136 cm³/mol. The number of halogens is 3. The summed E-state index contributed by atoms with van der Waals surface area (Å²) in [5, 5.41) is 22.3. The first-order valence-electron chi connectivity index (χ1n) is 11.3. The second kappa shape index (κ2) is 9.65. The van der Waals surface area contributed by atoms with Crippen molar-refractivity contribution in [1.82, 2.24) is 9.55 Å². The van der Waals surface area contributed by atoms with Crippen LogP contribution >= 0.6 is 11.3 Å². The van der Waals surface area contributed by atoms with Gasteiger partial charge in [-0.05, 0) is 53.1 Å². The molecular weight excluding hydrogens is 503 g/mol. The smallest absolute Gasteiger partial charge is 0.418 e. The number of rotatable bonds is 7. The molecule has 10 heteroatoms. The van der Waals surface area contributed by atoms with Crippen LogP contribution in [-0.4, -0.2) is 33.5 Å². The summed E-state index contributed by atoms with van der Waals surface area (Å²) in [7, 11) is 1.42. The fourth-order valence-electron chi connectivity index (χ4n) is 4.65. The molecule has 192 valence electrons. The quantitative estimate of drug-likeness (QED) is 0.335. The van der Waals surface area contributed by atoms with Gasteiger partial charge in [0.25, 0.3) is 0 Å². The molecule has 1 N–H and O–H groups in total. The first-order valence-corrected chi connectivity index (χ1v) is 12.2. The molecule has 0 aliphatic heterocycles. The van der Waals surface area contributed by atoms with E-state index in [0.29, 0.717) is 32.7 Å². The molecule has 37 heavy (non-hydrogen) atoms. The van der Waals surface area contributed by atoms with Gasteiger partial charge in [-0.15, -0.1) is 11.3 Å². The number of methoxy groups -OCH3 is 1. The maximum Gasteiger partial charge on any atom is 0.418 e. The number of aromatic nitrogens is 2. The third-order valence-corrected chi connectivity index (χ3v) is 7.35. The van der Waals surface area contributed by atoms with Gasteiger partial charge in [0.2, 0.25) is 0 Å². The van der Waals surface area contributed by atoms with Gasteiger partial charge in [0, 0.05) is 29.6 Å². The minimum atomic E-state index is -4.97. The van der Waals surface area contributed by atoms with Crippen molar-refractivity contribution in [2.75, 3.05) is 7.11 Å². The lowest BCUT2D eigenvalue weighted by Gasteiger charge is -2.39. The van der Waals surface area contributed by atoms with Crippen LogP contribution in [0.25, 0.3) is 21.3 Å². The Kier molecular flexibility index (Phi) is 6.88. The van der Waals surface area contributed by atoms with Gasteiger partial charge in [-0.1, -0.05) is 19.9 Å². The zero-order valence-corrected chi connectivity index (χ0v) is 21.2. The summed E-state index contributed by atoms with van der Waals surface area (Å²) >= 11 is 1.14. The number of aliphatic hydroxyl groups is 1. The molecule has 4 rings (SSSR count). The topological polar surface area (TPSA) is 88.1 Å². The normalized spacial score (nSPS) is 13.8. The maximum atomic E-state index is 14.5. The summed E-state index contributed by atoms with van der Waals surface area (Å²) in [5.41, 5.74) is -2.58. The first-order chi connectivity index (χ1) is 17.4. The van der Waals surface area contributed by atoms with Crippen molar-refractivity contribution in [2.45, 2.75) is 44.0 Å². The number of hydrogen-bond acceptors (Lipinski definition) is 6. The Balaban J connectivity index is 1.79. The molecule has 1 aromatic carbocycles. The Morgan fingerprint density at radius 2 is 1.95 bits per heavy atom. The third-order valence-electron chi connectivity index (χ3n) is 6.43. The number of hydrogen-bond donors (Lipinski definition) is 1. The van der Waals surface area contributed by atoms with Crippen molar-refractivity contribution in [3.63, 3.8) is 0 Å². The molecule has 3 heterocycles. The van der Waals surface area contributed by atoms with Gasteiger partial charge < -0.3 is 14.4 Å². The van der Waals surface area contributed by atoms with E-state index in [-0.39, 0.29) is 11.1 Å². The average molecular weight is 528 g/mol. The van der Waals surface area contributed by atoms with Crippen LogP contribution in [0.3, 0.4) is 0 Å². The molecule has 0 amide bonds. The summed E-state index contributed by atoms with van der Waals surface area (Å²) < 4.78 is 50.5. The largest absolute Gasteiger partial charge is 0.496 e. The van der Waals surface area contributed by atoms with Crippen molar-refractivity contribution < 1.29 is 23.0 Å². The maximum absolute atomic E-state index is 14.5. The van der Waals surface area contributed by atoms with Crippen molar-refractivity contribution >= 4 is 21.6 Å². The zero-order chi connectivity index (χ0) is 27.0. The summed E-state index contributed by atoms with van der Waals surface area (Å²) in [6.45, 7) is 2.41. The molecule has 4 aromatic rings. The van der Waals surface area contributed by atoms with Gasteiger partial charge in [-0.2, -0.15) is 18.4 Å². The standard InChI is InChI=1S/C27H24F3N3O3S/c1-25(2,19-13-17(6-7-23(19)36-3)18-5-4-10-32-20(18)14-31)15-26(35,27(28,29)30)16-33-11-8-22(34)24-21(33)9-12-37-24/h4-13,35H,15-16H2,1-3H3. The van der Waals surface area contributed by atoms with E-state index in [1.165, 1.54) is 30.1 Å². The van der Waals surface area contributed by atoms with Crippen LogP contribution in [-0.2, 0) is 12.0 Å². The minimum absolute atomic E-state index is 0.182. The van der Waals surface area contributed by atoms with E-state index in [4.69, 9.17) is 4.74 Å². The van der Waals surface area contributed by atoms with Crippen LogP contribution in [0.5, 0.6) is 5.75 Å².